The van der Waals surface area contributed by atoms with E-state index < -0.39 is 8.00 Å². The van der Waals surface area contributed by atoms with Gasteiger partial charge in [-0.15, -0.1) is 0 Å². The molecule has 0 saturated carbocycles. The molecule has 0 nitrogen and oxygen atoms in total. The molecule has 1 aliphatic heterocycles. The first-order valence-electron chi connectivity index (χ1n) is 2.52. The highest BCUT2D eigenvalue weighted by Gasteiger charge is 2.50. The Kier molecular flexibility index (Phi) is 3.29. The zero-order valence-corrected chi connectivity index (χ0v) is 9.40. The van der Waals surface area contributed by atoms with Crippen molar-refractivity contribution in [3.05, 3.63) is 0 Å². The van der Waals surface area contributed by atoms with E-state index in [0.29, 0.717) is 6.42 Å². The van der Waals surface area contributed by atoms with Gasteiger partial charge in [0.25, 0.3) is 0 Å². The number of rotatable bonds is 0. The van der Waals surface area contributed by atoms with Gasteiger partial charge in [0.2, 0.25) is 3.67 Å². The SMILES string of the molecule is ClC1(Cl)CCSSC1(Cl)Cl. The summed E-state index contributed by atoms with van der Waals surface area (Å²) in [7, 11) is 2.90. The Morgan fingerprint density at radius 2 is 1.70 bits per heavy atom. The third-order valence-electron chi connectivity index (χ3n) is 1.09. The van der Waals surface area contributed by atoms with Gasteiger partial charge in [-0.05, 0) is 6.42 Å². The van der Waals surface area contributed by atoms with Crippen LogP contribution in [0.15, 0.2) is 0 Å². The van der Waals surface area contributed by atoms with Crippen molar-refractivity contribution >= 4 is 68.0 Å². The highest BCUT2D eigenvalue weighted by Crippen LogP contribution is 2.59. The normalized spacial score (nSPS) is 30.0. The predicted octanol–water partition coefficient (Wildman–Crippen LogP) is 4.08. The van der Waals surface area contributed by atoms with E-state index in [2.05, 4.69) is 0 Å². The van der Waals surface area contributed by atoms with Gasteiger partial charge in [-0.3, -0.25) is 0 Å². The second-order valence-corrected chi connectivity index (χ2v) is 7.77. The first kappa shape index (κ1) is 9.94. The lowest BCUT2D eigenvalue weighted by Crippen LogP contribution is -2.35. The second kappa shape index (κ2) is 3.31. The van der Waals surface area contributed by atoms with Gasteiger partial charge in [0.05, 0.1) is 0 Å². The average molecular weight is 258 g/mol. The Morgan fingerprint density at radius 1 is 1.10 bits per heavy atom. The summed E-state index contributed by atoms with van der Waals surface area (Å²) in [5.74, 6) is 0.888. The standard InChI is InChI=1S/C4H4Cl4S2/c5-3(6)1-2-9-10-4(3,7)8/h1-2H2. The first-order valence-corrected chi connectivity index (χ1v) is 6.35. The van der Waals surface area contributed by atoms with E-state index in [1.54, 1.807) is 10.8 Å². The monoisotopic (exact) mass is 256 g/mol. The quantitative estimate of drug-likeness (QED) is 0.474. The van der Waals surface area contributed by atoms with Crippen molar-refractivity contribution < 1.29 is 0 Å². The summed E-state index contributed by atoms with van der Waals surface area (Å²) in [4.78, 5) is 0. The average Bonchev–Trinajstić information content (AvgIpc) is 1.77. The fourth-order valence-electron chi connectivity index (χ4n) is 0.492. The molecule has 0 spiro atoms. The van der Waals surface area contributed by atoms with E-state index in [1.165, 1.54) is 10.8 Å². The minimum absolute atomic E-state index is 0.626. The number of hydrogen-bond donors (Lipinski definition) is 0. The molecule has 1 aliphatic rings. The van der Waals surface area contributed by atoms with E-state index in [-0.39, 0.29) is 0 Å². The summed E-state index contributed by atoms with van der Waals surface area (Å²) in [6.45, 7) is 0. The predicted molar refractivity (Wildman–Crippen MR) is 53.5 cm³/mol. The van der Waals surface area contributed by atoms with E-state index in [0.717, 1.165) is 5.75 Å². The van der Waals surface area contributed by atoms with Gasteiger partial charge >= 0.3 is 0 Å². The van der Waals surface area contributed by atoms with Crippen molar-refractivity contribution in [3.63, 3.8) is 0 Å². The largest absolute Gasteiger partial charge is 0.205 e. The maximum absolute atomic E-state index is 5.83. The zero-order chi connectivity index (χ0) is 7.83. The van der Waals surface area contributed by atoms with E-state index in [1.807, 2.05) is 0 Å². The van der Waals surface area contributed by atoms with Crippen LogP contribution >= 0.6 is 68.0 Å². The molecule has 0 amide bonds. The molecule has 0 aromatic carbocycles. The maximum atomic E-state index is 5.83. The van der Waals surface area contributed by atoms with Crippen molar-refractivity contribution in [2.45, 2.75) is 14.4 Å². The molecule has 10 heavy (non-hydrogen) atoms. The van der Waals surface area contributed by atoms with Crippen LogP contribution in [0.3, 0.4) is 0 Å². The van der Waals surface area contributed by atoms with E-state index >= 15 is 0 Å². The highest BCUT2D eigenvalue weighted by molar-refractivity contribution is 8.78. The van der Waals surface area contributed by atoms with Crippen LogP contribution in [-0.4, -0.2) is 13.8 Å². The molecule has 0 aliphatic carbocycles. The van der Waals surface area contributed by atoms with Crippen LogP contribution in [0.25, 0.3) is 0 Å². The van der Waals surface area contributed by atoms with Gasteiger partial charge < -0.3 is 0 Å². The van der Waals surface area contributed by atoms with Gasteiger partial charge in [-0.1, -0.05) is 68.0 Å². The Morgan fingerprint density at radius 3 is 2.00 bits per heavy atom. The lowest BCUT2D eigenvalue weighted by atomic mass is 10.3. The van der Waals surface area contributed by atoms with Crippen LogP contribution in [0.5, 0.6) is 0 Å². The Hall–Kier alpha value is 1.86. The van der Waals surface area contributed by atoms with Crippen LogP contribution in [-0.2, 0) is 0 Å². The minimum Gasteiger partial charge on any atom is -0.0972 e. The Balaban J connectivity index is 2.70. The van der Waals surface area contributed by atoms with Gasteiger partial charge in [0.15, 0.2) is 4.33 Å². The molecule has 1 heterocycles. The summed E-state index contributed by atoms with van der Waals surface area (Å²) >= 11 is 23.3. The third-order valence-corrected chi connectivity index (χ3v) is 6.95. The minimum atomic E-state index is -1.07. The lowest BCUT2D eigenvalue weighted by molar-refractivity contribution is 0.773. The van der Waals surface area contributed by atoms with Crippen LogP contribution < -0.4 is 0 Å². The molecule has 0 bridgehead atoms. The molecule has 0 atom stereocenters. The molecule has 0 N–H and O–H groups in total. The van der Waals surface area contributed by atoms with Gasteiger partial charge in [-0.2, -0.15) is 0 Å². The molecule has 0 aromatic rings. The lowest BCUT2D eigenvalue weighted by Gasteiger charge is -2.35. The maximum Gasteiger partial charge on any atom is 0.205 e. The van der Waals surface area contributed by atoms with Gasteiger partial charge in [0, 0.05) is 5.75 Å². The molecule has 1 fully saturated rings. The van der Waals surface area contributed by atoms with Crippen molar-refractivity contribution in [1.29, 1.82) is 0 Å². The van der Waals surface area contributed by atoms with Crippen LogP contribution in [0, 0.1) is 0 Å². The van der Waals surface area contributed by atoms with Crippen molar-refractivity contribution in [2.75, 3.05) is 5.75 Å². The van der Waals surface area contributed by atoms with Crippen LogP contribution in [0.4, 0.5) is 0 Å². The van der Waals surface area contributed by atoms with Crippen molar-refractivity contribution in [1.82, 2.24) is 0 Å². The smallest absolute Gasteiger partial charge is 0.0972 e. The molecule has 1 saturated heterocycles. The summed E-state index contributed by atoms with van der Waals surface area (Å²) in [6.07, 6.45) is 0.626. The summed E-state index contributed by atoms with van der Waals surface area (Å²) < 4.78 is -2.08. The number of alkyl halides is 4. The summed E-state index contributed by atoms with van der Waals surface area (Å²) in [5, 5.41) is 0. The van der Waals surface area contributed by atoms with Crippen molar-refractivity contribution in [2.24, 2.45) is 0 Å². The van der Waals surface area contributed by atoms with Gasteiger partial charge in [-0.25, -0.2) is 0 Å². The molecule has 1 rings (SSSR count). The third kappa shape index (κ3) is 1.96. The Labute approximate surface area is 87.7 Å². The summed E-state index contributed by atoms with van der Waals surface area (Å²) in [5.41, 5.74) is 0. The molecule has 6 heteroatoms. The second-order valence-electron chi connectivity index (χ2n) is 1.88. The Bertz CT molecular complexity index is 119. The zero-order valence-electron chi connectivity index (χ0n) is 4.74. The topological polar surface area (TPSA) is 0 Å². The van der Waals surface area contributed by atoms with Gasteiger partial charge in [0.1, 0.15) is 0 Å². The molecule has 60 valence electrons. The van der Waals surface area contributed by atoms with E-state index in [9.17, 15) is 0 Å². The highest BCUT2D eigenvalue weighted by atomic mass is 35.5. The van der Waals surface area contributed by atoms with Crippen molar-refractivity contribution in [3.8, 4) is 0 Å². The van der Waals surface area contributed by atoms with E-state index in [4.69, 9.17) is 46.4 Å². The molecular weight excluding hydrogens is 254 g/mol. The van der Waals surface area contributed by atoms with Crippen LogP contribution in [0.2, 0.25) is 0 Å². The van der Waals surface area contributed by atoms with Crippen LogP contribution in [0.1, 0.15) is 6.42 Å². The summed E-state index contributed by atoms with van der Waals surface area (Å²) in [6, 6.07) is 0. The number of hydrogen-bond acceptors (Lipinski definition) is 2. The molecule has 0 radical (unpaired) electrons. The first-order chi connectivity index (χ1) is 4.46. The molecule has 0 aromatic heterocycles. The number of halogens is 4. The fourth-order valence-corrected chi connectivity index (χ4v) is 4.62. The molecule has 0 unspecified atom stereocenters. The molecular formula is C4H4Cl4S2. The fraction of sp³-hybridized carbons (Fsp3) is 1.00.